The highest BCUT2D eigenvalue weighted by atomic mass is 16.6. The second-order valence-electron chi connectivity index (χ2n) is 3.93. The fourth-order valence-corrected chi connectivity index (χ4v) is 1.66. The van der Waals surface area contributed by atoms with Crippen LogP contribution in [0.2, 0.25) is 0 Å². The molecule has 8 heteroatoms. The quantitative estimate of drug-likeness (QED) is 0.472. The van der Waals surface area contributed by atoms with Gasteiger partial charge in [0.2, 0.25) is 5.82 Å². The van der Waals surface area contributed by atoms with Crippen molar-refractivity contribution in [2.24, 2.45) is 0 Å². The zero-order valence-electron chi connectivity index (χ0n) is 11.4. The summed E-state index contributed by atoms with van der Waals surface area (Å²) in [6.45, 7) is 0.698. The van der Waals surface area contributed by atoms with E-state index in [1.165, 1.54) is 13.4 Å². The van der Waals surface area contributed by atoms with Crippen LogP contribution in [-0.4, -0.2) is 35.2 Å². The fraction of sp³-hybridized carbons (Fsp3) is 0.231. The first-order valence-corrected chi connectivity index (χ1v) is 6.17. The van der Waals surface area contributed by atoms with Gasteiger partial charge in [0.1, 0.15) is 18.7 Å². The number of benzene rings is 1. The van der Waals surface area contributed by atoms with E-state index in [0.717, 1.165) is 5.75 Å². The molecule has 0 aliphatic heterocycles. The molecule has 0 amide bonds. The second-order valence-corrected chi connectivity index (χ2v) is 3.93. The summed E-state index contributed by atoms with van der Waals surface area (Å²) in [6.07, 6.45) is 1.20. The van der Waals surface area contributed by atoms with E-state index in [9.17, 15) is 10.1 Å². The van der Waals surface area contributed by atoms with Crippen LogP contribution in [0.1, 0.15) is 0 Å². The van der Waals surface area contributed by atoms with Crippen molar-refractivity contribution >= 4 is 11.5 Å². The first-order chi connectivity index (χ1) is 10.2. The van der Waals surface area contributed by atoms with E-state index in [2.05, 4.69) is 15.3 Å². The molecule has 110 valence electrons. The molecule has 2 aromatic rings. The molecule has 0 fully saturated rings. The van der Waals surface area contributed by atoms with Crippen LogP contribution in [0.25, 0.3) is 0 Å². The number of nitrogens with zero attached hydrogens (tertiary/aromatic N) is 3. The molecular formula is C13H14N4O4. The summed E-state index contributed by atoms with van der Waals surface area (Å²) in [5.74, 6) is 0.749. The summed E-state index contributed by atoms with van der Waals surface area (Å²) in [5, 5.41) is 13.9. The number of nitrogens with one attached hydrogen (secondary N) is 1. The molecule has 0 spiro atoms. The Morgan fingerprint density at radius 2 is 2.05 bits per heavy atom. The minimum absolute atomic E-state index is 0.0820. The van der Waals surface area contributed by atoms with Crippen LogP contribution >= 0.6 is 0 Å². The SMILES string of the molecule is COc1ncnc(NCCOc2ccccc2)c1[N+](=O)[O-]. The van der Waals surface area contributed by atoms with Crippen molar-refractivity contribution in [1.29, 1.82) is 0 Å². The number of methoxy groups -OCH3 is 1. The van der Waals surface area contributed by atoms with E-state index in [0.29, 0.717) is 13.2 Å². The van der Waals surface area contributed by atoms with Crippen molar-refractivity contribution in [3.63, 3.8) is 0 Å². The molecule has 2 rings (SSSR count). The molecule has 0 saturated carbocycles. The molecule has 1 N–H and O–H groups in total. The highest BCUT2D eigenvalue weighted by Crippen LogP contribution is 2.29. The smallest absolute Gasteiger partial charge is 0.372 e. The summed E-state index contributed by atoms with van der Waals surface area (Å²) in [5.41, 5.74) is -0.292. The first kappa shape index (κ1) is 14.5. The van der Waals surface area contributed by atoms with E-state index in [1.807, 2.05) is 30.3 Å². The summed E-state index contributed by atoms with van der Waals surface area (Å²) in [7, 11) is 1.32. The third-order valence-electron chi connectivity index (χ3n) is 2.57. The third kappa shape index (κ3) is 3.78. The molecule has 0 radical (unpaired) electrons. The van der Waals surface area contributed by atoms with Gasteiger partial charge in [-0.3, -0.25) is 10.1 Å². The number of nitro groups is 1. The molecule has 1 aromatic carbocycles. The van der Waals surface area contributed by atoms with Gasteiger partial charge in [-0.25, -0.2) is 4.98 Å². The van der Waals surface area contributed by atoms with E-state index in [-0.39, 0.29) is 17.4 Å². The van der Waals surface area contributed by atoms with Crippen LogP contribution in [0.3, 0.4) is 0 Å². The Morgan fingerprint density at radius 3 is 2.71 bits per heavy atom. The van der Waals surface area contributed by atoms with Crippen LogP contribution in [-0.2, 0) is 0 Å². The zero-order chi connectivity index (χ0) is 15.1. The van der Waals surface area contributed by atoms with E-state index in [1.54, 1.807) is 0 Å². The fourth-order valence-electron chi connectivity index (χ4n) is 1.66. The van der Waals surface area contributed by atoms with E-state index in [4.69, 9.17) is 9.47 Å². The maximum Gasteiger partial charge on any atom is 0.372 e. The molecule has 1 heterocycles. The van der Waals surface area contributed by atoms with Gasteiger partial charge in [0.25, 0.3) is 5.88 Å². The van der Waals surface area contributed by atoms with Crippen molar-refractivity contribution in [2.45, 2.75) is 0 Å². The number of rotatable bonds is 7. The van der Waals surface area contributed by atoms with E-state index < -0.39 is 4.92 Å². The van der Waals surface area contributed by atoms with E-state index >= 15 is 0 Å². The van der Waals surface area contributed by atoms with Crippen LogP contribution in [0.4, 0.5) is 11.5 Å². The Hall–Kier alpha value is -2.90. The number of aromatic nitrogens is 2. The van der Waals surface area contributed by atoms with Gasteiger partial charge in [0.05, 0.1) is 18.6 Å². The third-order valence-corrected chi connectivity index (χ3v) is 2.57. The highest BCUT2D eigenvalue weighted by molar-refractivity contribution is 5.60. The molecule has 0 bridgehead atoms. The lowest BCUT2D eigenvalue weighted by Crippen LogP contribution is -2.14. The molecule has 8 nitrogen and oxygen atoms in total. The second kappa shape index (κ2) is 7.04. The van der Waals surface area contributed by atoms with Crippen molar-refractivity contribution in [1.82, 2.24) is 9.97 Å². The van der Waals surface area contributed by atoms with Gasteiger partial charge in [-0.1, -0.05) is 18.2 Å². The van der Waals surface area contributed by atoms with Crippen molar-refractivity contribution in [2.75, 3.05) is 25.6 Å². The minimum Gasteiger partial charge on any atom is -0.492 e. The lowest BCUT2D eigenvalue weighted by Gasteiger charge is -2.09. The molecule has 1 aromatic heterocycles. The summed E-state index contributed by atoms with van der Waals surface area (Å²) in [6, 6.07) is 9.28. The van der Waals surface area contributed by atoms with Gasteiger partial charge in [-0.2, -0.15) is 4.98 Å². The van der Waals surface area contributed by atoms with Crippen molar-refractivity contribution < 1.29 is 14.4 Å². The largest absolute Gasteiger partial charge is 0.492 e. The lowest BCUT2D eigenvalue weighted by atomic mass is 10.3. The van der Waals surface area contributed by atoms with Gasteiger partial charge in [-0.15, -0.1) is 0 Å². The van der Waals surface area contributed by atoms with Crippen molar-refractivity contribution in [3.8, 4) is 11.6 Å². The Kier molecular flexibility index (Phi) is 4.86. The molecule has 0 aliphatic carbocycles. The van der Waals surface area contributed by atoms with Gasteiger partial charge >= 0.3 is 5.69 Å². The molecule has 0 atom stereocenters. The predicted octanol–water partition coefficient (Wildman–Crippen LogP) is 1.88. The van der Waals surface area contributed by atoms with Gasteiger partial charge in [-0.05, 0) is 12.1 Å². The maximum atomic E-state index is 11.0. The number of hydrogen-bond acceptors (Lipinski definition) is 7. The summed E-state index contributed by atoms with van der Waals surface area (Å²) >= 11 is 0. The average molecular weight is 290 g/mol. The van der Waals surface area contributed by atoms with Crippen LogP contribution < -0.4 is 14.8 Å². The molecule has 0 saturated heterocycles. The predicted molar refractivity (Wildman–Crippen MR) is 75.7 cm³/mol. The normalized spacial score (nSPS) is 9.95. The lowest BCUT2D eigenvalue weighted by molar-refractivity contribution is -0.385. The number of para-hydroxylation sites is 1. The van der Waals surface area contributed by atoms with Gasteiger partial charge < -0.3 is 14.8 Å². The highest BCUT2D eigenvalue weighted by Gasteiger charge is 2.23. The Morgan fingerprint density at radius 1 is 1.29 bits per heavy atom. The average Bonchev–Trinajstić information content (AvgIpc) is 2.52. The first-order valence-electron chi connectivity index (χ1n) is 6.17. The molecule has 0 aliphatic rings. The number of hydrogen-bond donors (Lipinski definition) is 1. The van der Waals surface area contributed by atoms with Gasteiger partial charge in [0, 0.05) is 0 Å². The molecule has 0 unspecified atom stereocenters. The summed E-state index contributed by atoms with van der Waals surface area (Å²) in [4.78, 5) is 18.0. The Labute approximate surface area is 120 Å². The number of ether oxygens (including phenoxy) is 2. The van der Waals surface area contributed by atoms with Crippen molar-refractivity contribution in [3.05, 3.63) is 46.8 Å². The van der Waals surface area contributed by atoms with Crippen LogP contribution in [0.15, 0.2) is 36.7 Å². The maximum absolute atomic E-state index is 11.0. The number of anilines is 1. The topological polar surface area (TPSA) is 99.4 Å². The Bertz CT molecular complexity index is 606. The zero-order valence-corrected chi connectivity index (χ0v) is 11.4. The van der Waals surface area contributed by atoms with Crippen LogP contribution in [0, 0.1) is 10.1 Å². The molecular weight excluding hydrogens is 276 g/mol. The van der Waals surface area contributed by atoms with Crippen LogP contribution in [0.5, 0.6) is 11.6 Å². The summed E-state index contributed by atoms with van der Waals surface area (Å²) < 4.78 is 10.3. The molecule has 21 heavy (non-hydrogen) atoms. The monoisotopic (exact) mass is 290 g/mol. The minimum atomic E-state index is -0.584. The Balaban J connectivity index is 1.95. The van der Waals surface area contributed by atoms with Gasteiger partial charge in [0.15, 0.2) is 0 Å². The standard InChI is InChI=1S/C13H14N4O4/c1-20-13-11(17(18)19)12(15-9-16-13)14-7-8-21-10-5-3-2-4-6-10/h2-6,9H,7-8H2,1H3,(H,14,15,16).